The van der Waals surface area contributed by atoms with Crippen LogP contribution in [0.4, 0.5) is 0 Å². The second kappa shape index (κ2) is 20.1. The Morgan fingerprint density at radius 2 is 1.19 bits per heavy atom. The highest BCUT2D eigenvalue weighted by Gasteiger charge is 2.71. The lowest BCUT2D eigenvalue weighted by Gasteiger charge is -2.60. The number of carbonyl (C=O) groups is 6. The van der Waals surface area contributed by atoms with E-state index in [2.05, 4.69) is 27.7 Å². The maximum absolute atomic E-state index is 14.8. The normalized spacial score (nSPS) is 47.4. The van der Waals surface area contributed by atoms with Crippen molar-refractivity contribution in [2.45, 2.75) is 200 Å². The maximum Gasteiger partial charge on any atom is 0.303 e. The van der Waals surface area contributed by atoms with Gasteiger partial charge in [0.05, 0.1) is 30.6 Å². The second-order valence-electron chi connectivity index (χ2n) is 21.5. The third-order valence-corrected chi connectivity index (χ3v) is 17.8. The highest BCUT2D eigenvalue weighted by Crippen LogP contribution is 2.70. The van der Waals surface area contributed by atoms with E-state index in [1.54, 1.807) is 0 Å². The van der Waals surface area contributed by atoms with Crippen LogP contribution in [-0.4, -0.2) is 133 Å². The molecule has 8 fully saturated rings. The fourth-order valence-electron chi connectivity index (χ4n) is 14.5. The molecule has 68 heavy (non-hydrogen) atoms. The summed E-state index contributed by atoms with van der Waals surface area (Å²) in [6.07, 6.45) is -6.74. The van der Waals surface area contributed by atoms with Crippen LogP contribution < -0.4 is 0 Å². The highest BCUT2D eigenvalue weighted by molar-refractivity contribution is 6.18. The molecular weight excluding hydrogens is 931 g/mol. The van der Waals surface area contributed by atoms with Crippen molar-refractivity contribution in [1.29, 1.82) is 0 Å². The van der Waals surface area contributed by atoms with E-state index < -0.39 is 97.0 Å². The number of esters is 5. The molecule has 17 nitrogen and oxygen atoms in total. The van der Waals surface area contributed by atoms with Gasteiger partial charge in [0.15, 0.2) is 48.9 Å². The van der Waals surface area contributed by atoms with Gasteiger partial charge in [-0.3, -0.25) is 28.8 Å². The van der Waals surface area contributed by atoms with E-state index in [1.165, 1.54) is 13.8 Å². The summed E-state index contributed by atoms with van der Waals surface area (Å²) in [5.41, 5.74) is -0.412. The first-order valence-corrected chi connectivity index (χ1v) is 25.6. The zero-order chi connectivity index (χ0) is 49.2. The van der Waals surface area contributed by atoms with Gasteiger partial charge in [0, 0.05) is 59.3 Å². The quantitative estimate of drug-likeness (QED) is 0.101. The van der Waals surface area contributed by atoms with Gasteiger partial charge >= 0.3 is 29.8 Å². The standard InChI is InChI=1S/C49H70Cl2O17/c1-22-12-15-49(58-21-22)23(2)37-34(68-49)17-32-31-11-10-29-16-30(13-14-47(29,8)38(31)33(57)18-48(32,37)9)64-45-43(62-27(6)55)42(61-26(5)54)40(36(20-51)65-45)67-46-44(63-28(7)56)41(60-25(4)53)39(59-24(3)52)35(19-50)66-46/h22-23,29-32,34-46H,10-21H2,1-9H3/t22-,23+,29+,30+,31+,32+,34?,35-,36-,37?,38-,39-,40-,41+,42+,43-,44-,45-,46+,47+,48+,49-/m1/s1. The summed E-state index contributed by atoms with van der Waals surface area (Å²) in [5, 5.41) is 0. The van der Waals surface area contributed by atoms with Crippen molar-refractivity contribution >= 4 is 58.8 Å². The lowest BCUT2D eigenvalue weighted by Crippen LogP contribution is -2.67. The smallest absolute Gasteiger partial charge is 0.303 e. The number of carbonyl (C=O) groups excluding carboxylic acids is 6. The Bertz CT molecular complexity index is 1930. The lowest BCUT2D eigenvalue weighted by molar-refractivity contribution is -0.358. The van der Waals surface area contributed by atoms with Crippen LogP contribution in [0.1, 0.15) is 120 Å². The van der Waals surface area contributed by atoms with Crippen LogP contribution in [0.25, 0.3) is 0 Å². The first-order valence-electron chi connectivity index (χ1n) is 24.6. The molecule has 8 aliphatic rings. The average molecular weight is 1000 g/mol. The molecule has 22 atom stereocenters. The minimum absolute atomic E-state index is 0.0808. The molecule has 4 saturated heterocycles. The predicted octanol–water partition coefficient (Wildman–Crippen LogP) is 5.97. The van der Waals surface area contributed by atoms with Gasteiger partial charge in [-0.15, -0.1) is 23.2 Å². The third kappa shape index (κ3) is 9.58. The van der Waals surface area contributed by atoms with Gasteiger partial charge in [-0.05, 0) is 85.4 Å². The minimum Gasteiger partial charge on any atom is -0.456 e. The SMILES string of the molecule is CC(=O)O[C@@H]1[C@@H](OC(C)=O)[C@H](O[C@H]2[C@H](OC(C)=O)[C@@H](OC(C)=O)[C@H](O[C@H]3CC[C@@]4(C)[C@@H](CC[C@@H]5[C@@H]4C(=O)C[C@]4(C)C6C(C[C@@H]54)O[C@]4(CC[C@@H](C)CO4)[C@H]6C)C3)O[C@@H]2CCl)O[C@H](CCl)[C@H]1OC(C)=O. The topological polar surface area (TPSA) is 204 Å². The van der Waals surface area contributed by atoms with Crippen LogP contribution in [0.2, 0.25) is 0 Å². The van der Waals surface area contributed by atoms with Crippen LogP contribution in [0.5, 0.6) is 0 Å². The molecule has 4 heterocycles. The second-order valence-corrected chi connectivity index (χ2v) is 22.2. The van der Waals surface area contributed by atoms with Gasteiger partial charge in [0.1, 0.15) is 24.1 Å². The molecule has 0 amide bonds. The molecule has 382 valence electrons. The fourth-order valence-corrected chi connectivity index (χ4v) is 15.0. The number of rotatable bonds is 11. The zero-order valence-corrected chi connectivity index (χ0v) is 42.2. The molecule has 19 heteroatoms. The molecule has 0 aromatic heterocycles. The molecule has 0 aromatic rings. The number of halogens is 2. The molecule has 4 aliphatic heterocycles. The van der Waals surface area contributed by atoms with Crippen LogP contribution in [0.3, 0.4) is 0 Å². The Balaban J connectivity index is 1.00. The first kappa shape index (κ1) is 51.7. The number of hydrogen-bond donors (Lipinski definition) is 0. The van der Waals surface area contributed by atoms with Crippen molar-refractivity contribution in [3.8, 4) is 0 Å². The van der Waals surface area contributed by atoms with E-state index in [9.17, 15) is 28.8 Å². The summed E-state index contributed by atoms with van der Waals surface area (Å²) in [6, 6.07) is 0. The monoisotopic (exact) mass is 1000 g/mol. The molecule has 0 aromatic carbocycles. The van der Waals surface area contributed by atoms with Gasteiger partial charge in [-0.25, -0.2) is 0 Å². The number of Topliss-reactive ketones (excluding diaryl/α,β-unsaturated/α-hetero) is 1. The van der Waals surface area contributed by atoms with Gasteiger partial charge in [0.25, 0.3) is 0 Å². The average Bonchev–Trinajstić information content (AvgIpc) is 3.70. The Morgan fingerprint density at radius 3 is 1.75 bits per heavy atom. The summed E-state index contributed by atoms with van der Waals surface area (Å²) in [4.78, 5) is 77.6. The maximum atomic E-state index is 14.8. The van der Waals surface area contributed by atoms with E-state index >= 15 is 0 Å². The van der Waals surface area contributed by atoms with Crippen molar-refractivity contribution in [3.63, 3.8) is 0 Å². The first-order chi connectivity index (χ1) is 32.1. The lowest BCUT2D eigenvalue weighted by atomic mass is 9.44. The van der Waals surface area contributed by atoms with Crippen LogP contribution in [0.15, 0.2) is 0 Å². The van der Waals surface area contributed by atoms with E-state index in [0.717, 1.165) is 59.3 Å². The summed E-state index contributed by atoms with van der Waals surface area (Å²) in [6.45, 7) is 15.6. The number of fused-ring (bicyclic) bond motifs is 7. The molecule has 2 unspecified atom stereocenters. The molecule has 0 radical (unpaired) electrons. The largest absolute Gasteiger partial charge is 0.456 e. The van der Waals surface area contributed by atoms with E-state index in [0.29, 0.717) is 43.5 Å². The minimum atomic E-state index is -1.61. The Labute approximate surface area is 408 Å². The molecule has 8 rings (SSSR count). The summed E-state index contributed by atoms with van der Waals surface area (Å²) in [7, 11) is 0. The highest BCUT2D eigenvalue weighted by atomic mass is 35.5. The number of alkyl halides is 2. The molecule has 4 aliphatic carbocycles. The molecule has 4 saturated carbocycles. The summed E-state index contributed by atoms with van der Waals surface area (Å²) in [5.74, 6) is -2.89. The van der Waals surface area contributed by atoms with Gasteiger partial charge in [-0.2, -0.15) is 0 Å². The van der Waals surface area contributed by atoms with Gasteiger partial charge in [-0.1, -0.05) is 27.7 Å². The summed E-state index contributed by atoms with van der Waals surface area (Å²) < 4.78 is 67.7. The van der Waals surface area contributed by atoms with E-state index in [-0.39, 0.29) is 64.4 Å². The van der Waals surface area contributed by atoms with Crippen molar-refractivity contribution in [1.82, 2.24) is 0 Å². The molecular formula is C49H70Cl2O17. The number of ketones is 1. The van der Waals surface area contributed by atoms with Crippen molar-refractivity contribution < 1.29 is 80.9 Å². The van der Waals surface area contributed by atoms with Crippen LogP contribution >= 0.6 is 23.2 Å². The molecule has 0 bridgehead atoms. The van der Waals surface area contributed by atoms with Gasteiger partial charge < -0.3 is 52.1 Å². The van der Waals surface area contributed by atoms with E-state index in [1.807, 2.05) is 0 Å². The van der Waals surface area contributed by atoms with Gasteiger partial charge in [0.2, 0.25) is 0 Å². The molecule has 0 N–H and O–H groups in total. The summed E-state index contributed by atoms with van der Waals surface area (Å²) >= 11 is 12.9. The van der Waals surface area contributed by atoms with Crippen molar-refractivity contribution in [3.05, 3.63) is 0 Å². The number of ether oxygens (including phenoxy) is 11. The Kier molecular flexibility index (Phi) is 15.3. The predicted molar refractivity (Wildman–Crippen MR) is 238 cm³/mol. The van der Waals surface area contributed by atoms with Crippen LogP contribution in [0, 0.1) is 52.3 Å². The van der Waals surface area contributed by atoms with Crippen molar-refractivity contribution in [2.75, 3.05) is 18.4 Å². The zero-order valence-electron chi connectivity index (χ0n) is 40.7. The Hall–Kier alpha value is -2.64. The molecule has 1 spiro atoms. The Morgan fingerprint density at radius 1 is 0.647 bits per heavy atom. The van der Waals surface area contributed by atoms with Crippen LogP contribution in [-0.2, 0) is 80.9 Å². The third-order valence-electron chi connectivity index (χ3n) is 17.2. The fraction of sp³-hybridized carbons (Fsp3) is 0.878. The van der Waals surface area contributed by atoms with Crippen molar-refractivity contribution in [2.24, 2.45) is 52.3 Å². The van der Waals surface area contributed by atoms with E-state index in [4.69, 9.17) is 75.3 Å². The number of hydrogen-bond acceptors (Lipinski definition) is 17.